The van der Waals surface area contributed by atoms with Gasteiger partial charge in [-0.1, -0.05) is 18.2 Å². The van der Waals surface area contributed by atoms with Crippen LogP contribution in [0.15, 0.2) is 67.1 Å². The minimum Gasteiger partial charge on any atom is -0.381 e. The van der Waals surface area contributed by atoms with Gasteiger partial charge in [0.1, 0.15) is 0 Å². The fraction of sp³-hybridized carbons (Fsp3) is 0.0435. The van der Waals surface area contributed by atoms with Gasteiger partial charge in [-0.25, -0.2) is 9.97 Å². The van der Waals surface area contributed by atoms with Crippen LogP contribution in [0.1, 0.15) is 11.1 Å². The van der Waals surface area contributed by atoms with E-state index in [1.165, 1.54) is 0 Å². The maximum absolute atomic E-state index is 9.32. The second kappa shape index (κ2) is 6.43. The minimum absolute atomic E-state index is 0.342. The maximum Gasteiger partial charge on any atom is 0.180 e. The first-order valence-electron chi connectivity index (χ1n) is 9.14. The Labute approximate surface area is 166 Å². The Bertz CT molecular complexity index is 1440. The van der Waals surface area contributed by atoms with Crippen LogP contribution in [0.5, 0.6) is 0 Å². The van der Waals surface area contributed by atoms with E-state index in [0.717, 1.165) is 33.3 Å². The number of anilines is 1. The monoisotopic (exact) mass is 376 g/mol. The molecule has 0 radical (unpaired) electrons. The smallest absolute Gasteiger partial charge is 0.180 e. The Hall–Kier alpha value is -4.24. The molecule has 6 heteroatoms. The summed E-state index contributed by atoms with van der Waals surface area (Å²) in [6.45, 7) is 2.07. The summed E-state index contributed by atoms with van der Waals surface area (Å²) >= 11 is 0. The molecule has 0 saturated heterocycles. The number of hydrogen-bond acceptors (Lipinski definition) is 5. The number of nitrogen functional groups attached to an aromatic ring is 1. The molecule has 0 unspecified atom stereocenters. The van der Waals surface area contributed by atoms with Crippen LogP contribution in [0, 0.1) is 18.3 Å². The summed E-state index contributed by atoms with van der Waals surface area (Å²) in [4.78, 5) is 13.5. The minimum atomic E-state index is 0.342. The van der Waals surface area contributed by atoms with Crippen LogP contribution in [0.25, 0.3) is 39.1 Å². The standard InChI is InChI=1S/C23H16N6/c1-14-7-8-26-19-6-5-17(12-18(14)19)21-20(16-4-2-3-15(11-16)13-24)28-22(25)23-27-9-10-29(21)23/h2-12H,1H3,(H2,25,28). The van der Waals surface area contributed by atoms with Crippen LogP contribution in [0.3, 0.4) is 0 Å². The molecule has 0 atom stereocenters. The Morgan fingerprint density at radius 2 is 1.90 bits per heavy atom. The highest BCUT2D eigenvalue weighted by molar-refractivity contribution is 5.90. The molecular formula is C23H16N6. The van der Waals surface area contributed by atoms with E-state index >= 15 is 0 Å². The van der Waals surface area contributed by atoms with Crippen molar-refractivity contribution in [2.45, 2.75) is 6.92 Å². The molecule has 3 heterocycles. The van der Waals surface area contributed by atoms with Crippen molar-refractivity contribution in [1.82, 2.24) is 19.4 Å². The molecule has 0 saturated carbocycles. The zero-order valence-electron chi connectivity index (χ0n) is 15.7. The van der Waals surface area contributed by atoms with Crippen LogP contribution < -0.4 is 5.73 Å². The topological polar surface area (TPSA) is 92.9 Å². The van der Waals surface area contributed by atoms with E-state index in [4.69, 9.17) is 5.73 Å². The van der Waals surface area contributed by atoms with Crippen molar-refractivity contribution in [3.63, 3.8) is 0 Å². The first-order valence-corrected chi connectivity index (χ1v) is 9.14. The molecule has 0 spiro atoms. The van der Waals surface area contributed by atoms with E-state index in [1.54, 1.807) is 12.3 Å². The van der Waals surface area contributed by atoms with Crippen molar-refractivity contribution in [3.8, 4) is 28.6 Å². The summed E-state index contributed by atoms with van der Waals surface area (Å²) in [5, 5.41) is 10.4. The van der Waals surface area contributed by atoms with Crippen LogP contribution in [0.2, 0.25) is 0 Å². The van der Waals surface area contributed by atoms with Crippen molar-refractivity contribution in [2.24, 2.45) is 0 Å². The Kier molecular flexibility index (Phi) is 3.75. The molecule has 6 nitrogen and oxygen atoms in total. The van der Waals surface area contributed by atoms with Gasteiger partial charge in [-0.2, -0.15) is 5.26 Å². The Morgan fingerprint density at radius 1 is 1.00 bits per heavy atom. The van der Waals surface area contributed by atoms with Crippen molar-refractivity contribution < 1.29 is 0 Å². The molecule has 5 aromatic rings. The zero-order valence-corrected chi connectivity index (χ0v) is 15.7. The number of hydrogen-bond donors (Lipinski definition) is 1. The predicted octanol–water partition coefficient (Wildman–Crippen LogP) is 4.37. The van der Waals surface area contributed by atoms with E-state index in [0.29, 0.717) is 22.7 Å². The summed E-state index contributed by atoms with van der Waals surface area (Å²) in [5.74, 6) is 0.342. The molecule has 0 aliphatic rings. The van der Waals surface area contributed by atoms with Crippen molar-refractivity contribution >= 4 is 22.4 Å². The number of rotatable bonds is 2. The number of fused-ring (bicyclic) bond motifs is 2. The third-order valence-electron chi connectivity index (χ3n) is 5.07. The molecule has 0 aliphatic carbocycles. The molecule has 138 valence electrons. The van der Waals surface area contributed by atoms with Crippen LogP contribution in [0.4, 0.5) is 5.82 Å². The highest BCUT2D eigenvalue weighted by atomic mass is 15.1. The molecule has 0 bridgehead atoms. The average Bonchev–Trinajstić information content (AvgIpc) is 3.24. The van der Waals surface area contributed by atoms with Crippen LogP contribution in [-0.4, -0.2) is 19.4 Å². The lowest BCUT2D eigenvalue weighted by Crippen LogP contribution is -2.04. The van der Waals surface area contributed by atoms with Crippen LogP contribution in [-0.2, 0) is 0 Å². The van der Waals surface area contributed by atoms with Gasteiger partial charge in [0, 0.05) is 35.1 Å². The molecular weight excluding hydrogens is 360 g/mol. The lowest BCUT2D eigenvalue weighted by molar-refractivity contribution is 1.14. The Balaban J connectivity index is 1.87. The summed E-state index contributed by atoms with van der Waals surface area (Å²) in [6, 6.07) is 17.7. The number of pyridine rings is 1. The van der Waals surface area contributed by atoms with Crippen molar-refractivity contribution in [3.05, 3.63) is 78.2 Å². The fourth-order valence-electron chi connectivity index (χ4n) is 3.65. The number of nitrogens with zero attached hydrogens (tertiary/aromatic N) is 5. The van der Waals surface area contributed by atoms with Gasteiger partial charge >= 0.3 is 0 Å². The third kappa shape index (κ3) is 2.68. The number of aromatic nitrogens is 4. The largest absolute Gasteiger partial charge is 0.381 e. The highest BCUT2D eigenvalue weighted by Crippen LogP contribution is 2.35. The van der Waals surface area contributed by atoms with E-state index in [1.807, 2.05) is 53.2 Å². The molecule has 29 heavy (non-hydrogen) atoms. The molecule has 5 rings (SSSR count). The fourth-order valence-corrected chi connectivity index (χ4v) is 3.65. The number of imidazole rings is 1. The van der Waals surface area contributed by atoms with Crippen molar-refractivity contribution in [1.29, 1.82) is 5.26 Å². The van der Waals surface area contributed by atoms with E-state index in [2.05, 4.69) is 34.0 Å². The van der Waals surface area contributed by atoms with E-state index < -0.39 is 0 Å². The van der Waals surface area contributed by atoms with Gasteiger partial charge in [-0.15, -0.1) is 0 Å². The lowest BCUT2D eigenvalue weighted by atomic mass is 9.99. The third-order valence-corrected chi connectivity index (χ3v) is 5.07. The van der Waals surface area contributed by atoms with Gasteiger partial charge in [0.25, 0.3) is 0 Å². The average molecular weight is 376 g/mol. The SMILES string of the molecule is Cc1ccnc2ccc(-c3c(-c4cccc(C#N)c4)nc(N)c4nccn34)cc12. The van der Waals surface area contributed by atoms with Gasteiger partial charge in [-0.05, 0) is 42.8 Å². The van der Waals surface area contributed by atoms with Gasteiger partial charge in [0.05, 0.1) is 28.5 Å². The van der Waals surface area contributed by atoms with Crippen molar-refractivity contribution in [2.75, 3.05) is 5.73 Å². The molecule has 2 N–H and O–H groups in total. The zero-order chi connectivity index (χ0) is 20.0. The normalized spacial score (nSPS) is 11.0. The first-order chi connectivity index (χ1) is 14.2. The predicted molar refractivity (Wildman–Crippen MR) is 113 cm³/mol. The second-order valence-electron chi connectivity index (χ2n) is 6.87. The van der Waals surface area contributed by atoms with Gasteiger partial charge < -0.3 is 5.73 Å². The van der Waals surface area contributed by atoms with E-state index in [-0.39, 0.29) is 0 Å². The molecule has 2 aromatic carbocycles. The lowest BCUT2D eigenvalue weighted by Gasteiger charge is -2.14. The summed E-state index contributed by atoms with van der Waals surface area (Å²) in [6.07, 6.45) is 5.40. The first kappa shape index (κ1) is 16.9. The second-order valence-corrected chi connectivity index (χ2v) is 6.87. The quantitative estimate of drug-likeness (QED) is 0.494. The Morgan fingerprint density at radius 3 is 2.76 bits per heavy atom. The molecule has 0 fully saturated rings. The van der Waals surface area contributed by atoms with Gasteiger partial charge in [-0.3, -0.25) is 9.38 Å². The summed E-state index contributed by atoms with van der Waals surface area (Å²) < 4.78 is 1.95. The molecule has 0 aliphatic heterocycles. The number of benzene rings is 2. The van der Waals surface area contributed by atoms with Gasteiger partial charge in [0.2, 0.25) is 0 Å². The molecule has 3 aromatic heterocycles. The van der Waals surface area contributed by atoms with E-state index in [9.17, 15) is 5.26 Å². The molecule has 0 amide bonds. The number of nitriles is 1. The summed E-state index contributed by atoms with van der Waals surface area (Å²) in [5.41, 5.74) is 12.8. The highest BCUT2D eigenvalue weighted by Gasteiger charge is 2.17. The number of nitrogens with two attached hydrogens (primary N) is 1. The number of aryl methyl sites for hydroxylation is 1. The maximum atomic E-state index is 9.32. The van der Waals surface area contributed by atoms with Gasteiger partial charge in [0.15, 0.2) is 11.5 Å². The van der Waals surface area contributed by atoms with Crippen LogP contribution >= 0.6 is 0 Å². The summed E-state index contributed by atoms with van der Waals surface area (Å²) in [7, 11) is 0.